The normalized spacial score (nSPS) is 6.35. The molecule has 0 aliphatic carbocycles. The summed E-state index contributed by atoms with van der Waals surface area (Å²) in [6.07, 6.45) is 1.50. The molecule has 0 fully saturated rings. The molecule has 0 amide bonds. The van der Waals surface area contributed by atoms with Gasteiger partial charge in [-0.2, -0.15) is 82.7 Å². The van der Waals surface area contributed by atoms with Crippen LogP contribution in [0.2, 0.25) is 0 Å². The molecule has 0 aromatic heterocycles. The predicted octanol–water partition coefficient (Wildman–Crippen LogP) is 4.04. The molecule has 17 heavy (non-hydrogen) atoms. The fourth-order valence-electron chi connectivity index (χ4n) is 0.684. The quantitative estimate of drug-likeness (QED) is 0.388. The first-order valence-corrected chi connectivity index (χ1v) is 4.64. The van der Waals surface area contributed by atoms with Gasteiger partial charge in [0.15, 0.2) is 0 Å². The van der Waals surface area contributed by atoms with Gasteiger partial charge < -0.3 is 0 Å². The van der Waals surface area contributed by atoms with E-state index in [9.17, 15) is 0 Å². The summed E-state index contributed by atoms with van der Waals surface area (Å²) in [5.74, 6) is 0. The van der Waals surface area contributed by atoms with Crippen LogP contribution >= 0.6 is 9.90 Å². The molecule has 0 saturated heterocycles. The zero-order valence-corrected chi connectivity index (χ0v) is 12.9. The average Bonchev–Trinajstić information content (AvgIpc) is 2.35. The minimum atomic E-state index is 0. The van der Waals surface area contributed by atoms with Crippen molar-refractivity contribution in [3.8, 4) is 0 Å². The van der Waals surface area contributed by atoms with Crippen molar-refractivity contribution >= 4 is 9.90 Å². The van der Waals surface area contributed by atoms with Crippen molar-refractivity contribution in [3.05, 3.63) is 92.4 Å². The van der Waals surface area contributed by atoms with Crippen LogP contribution in [0.25, 0.3) is 0 Å². The van der Waals surface area contributed by atoms with Crippen LogP contribution in [0.1, 0.15) is 0 Å². The minimum Gasteiger partial charge on any atom is -0.245 e. The van der Waals surface area contributed by atoms with Crippen LogP contribution in [-0.4, -0.2) is 0 Å². The van der Waals surface area contributed by atoms with Gasteiger partial charge in [-0.15, -0.1) is 0 Å². The minimum absolute atomic E-state index is 0. The second-order valence-electron chi connectivity index (χ2n) is 2.44. The van der Waals surface area contributed by atoms with E-state index >= 15 is 0 Å². The molecule has 0 aliphatic rings. The first kappa shape index (κ1) is 21.4. The van der Waals surface area contributed by atoms with Crippen molar-refractivity contribution in [1.29, 1.82) is 0 Å². The Morgan fingerprint density at radius 2 is 1.00 bits per heavy atom. The van der Waals surface area contributed by atoms with Crippen LogP contribution in [0.5, 0.6) is 0 Å². The van der Waals surface area contributed by atoms with Gasteiger partial charge in [-0.25, -0.2) is 19.6 Å². The van der Waals surface area contributed by atoms with Crippen molar-refractivity contribution in [2.45, 2.75) is 0 Å². The van der Waals surface area contributed by atoms with E-state index in [1.54, 1.807) is 0 Å². The number of benzene rings is 2. The number of hydrogen-bond donors (Lipinski definition) is 0. The molecule has 2 heteroatoms. The SMILES string of the molecule is C=C[CH2-].P.[Rh+3].[c-]1ccccc1.[c-]1ccccc1. The van der Waals surface area contributed by atoms with Crippen molar-refractivity contribution < 1.29 is 19.5 Å². The van der Waals surface area contributed by atoms with Gasteiger partial charge in [0.1, 0.15) is 0 Å². The van der Waals surface area contributed by atoms with E-state index in [1.165, 1.54) is 6.08 Å². The number of rotatable bonds is 0. The molecular weight excluding hydrogens is 314 g/mol. The van der Waals surface area contributed by atoms with E-state index in [-0.39, 0.29) is 29.4 Å². The summed E-state index contributed by atoms with van der Waals surface area (Å²) in [5.41, 5.74) is 0. The predicted molar refractivity (Wildman–Crippen MR) is 77.2 cm³/mol. The molecule has 0 aliphatic heterocycles. The van der Waals surface area contributed by atoms with Crippen LogP contribution in [0, 0.1) is 19.1 Å². The molecule has 0 N–H and O–H groups in total. The molecule has 2 aromatic carbocycles. The molecule has 0 saturated carbocycles. The fourth-order valence-corrected chi connectivity index (χ4v) is 0.684. The van der Waals surface area contributed by atoms with Crippen molar-refractivity contribution in [2.75, 3.05) is 0 Å². The summed E-state index contributed by atoms with van der Waals surface area (Å²) in [5, 5.41) is 0. The second-order valence-corrected chi connectivity index (χ2v) is 2.44. The van der Waals surface area contributed by atoms with E-state index in [0.717, 1.165) is 0 Å². The van der Waals surface area contributed by atoms with Gasteiger partial charge in [0.25, 0.3) is 0 Å². The van der Waals surface area contributed by atoms with Gasteiger partial charge in [-0.3, -0.25) is 0 Å². The Morgan fingerprint density at radius 1 is 0.765 bits per heavy atom. The van der Waals surface area contributed by atoms with Gasteiger partial charge in [0.05, 0.1) is 0 Å². The molecule has 0 bridgehead atoms. The molecule has 1 unspecified atom stereocenters. The van der Waals surface area contributed by atoms with Crippen molar-refractivity contribution in [1.82, 2.24) is 0 Å². The van der Waals surface area contributed by atoms with E-state index in [1.807, 2.05) is 60.7 Å². The van der Waals surface area contributed by atoms with Crippen LogP contribution < -0.4 is 0 Å². The molecule has 0 heterocycles. The summed E-state index contributed by atoms with van der Waals surface area (Å²) in [6, 6.07) is 25.0. The summed E-state index contributed by atoms with van der Waals surface area (Å²) in [6.45, 7) is 6.50. The zero-order valence-electron chi connectivity index (χ0n) is 9.81. The smallest absolute Gasteiger partial charge is 0.245 e. The summed E-state index contributed by atoms with van der Waals surface area (Å²) >= 11 is 0. The second kappa shape index (κ2) is 20.5. The van der Waals surface area contributed by atoms with Crippen molar-refractivity contribution in [2.24, 2.45) is 0 Å². The van der Waals surface area contributed by atoms with E-state index in [0.29, 0.717) is 0 Å². The van der Waals surface area contributed by atoms with E-state index < -0.39 is 0 Å². The number of hydrogen-bond acceptors (Lipinski definition) is 0. The average molecular weight is 332 g/mol. The molecule has 1 atom stereocenters. The summed E-state index contributed by atoms with van der Waals surface area (Å²) in [7, 11) is 0. The van der Waals surface area contributed by atoms with Gasteiger partial charge in [0, 0.05) is 0 Å². The zero-order chi connectivity index (χ0) is 11.2. The van der Waals surface area contributed by atoms with E-state index in [2.05, 4.69) is 25.6 Å². The third-order valence-corrected chi connectivity index (χ3v) is 1.21. The van der Waals surface area contributed by atoms with E-state index in [4.69, 9.17) is 0 Å². The summed E-state index contributed by atoms with van der Waals surface area (Å²) in [4.78, 5) is 0. The Balaban J connectivity index is -0.000000173. The fraction of sp³-hybridized carbons (Fsp3) is 0. The molecule has 92 valence electrons. The molecule has 0 radical (unpaired) electrons. The van der Waals surface area contributed by atoms with Crippen LogP contribution in [-0.2, 0) is 19.5 Å². The maximum Gasteiger partial charge on any atom is 3.00 e. The van der Waals surface area contributed by atoms with Gasteiger partial charge in [0.2, 0.25) is 0 Å². The maximum atomic E-state index is 3.25. The topological polar surface area (TPSA) is 0 Å². The standard InChI is InChI=1S/2C6H5.C3H5.H3P.Rh/c2*1-2-4-6-5-3-1;1-3-2;;/h2*1-5H;3H,1-2H2;1H3;/q3*-1;;+3. The third-order valence-electron chi connectivity index (χ3n) is 1.21. The van der Waals surface area contributed by atoms with Crippen LogP contribution in [0.15, 0.2) is 73.3 Å². The monoisotopic (exact) mass is 332 g/mol. The van der Waals surface area contributed by atoms with Crippen LogP contribution in [0.4, 0.5) is 0 Å². The Kier molecular flexibility index (Phi) is 25.8. The Hall–Kier alpha value is -0.897. The Labute approximate surface area is 122 Å². The first-order valence-electron chi connectivity index (χ1n) is 4.64. The maximum absolute atomic E-state index is 3.25. The molecule has 2 aromatic rings. The Bertz CT molecular complexity index is 223. The Morgan fingerprint density at radius 3 is 1.06 bits per heavy atom. The van der Waals surface area contributed by atoms with Gasteiger partial charge >= 0.3 is 19.5 Å². The van der Waals surface area contributed by atoms with Crippen LogP contribution in [0.3, 0.4) is 0 Å². The van der Waals surface area contributed by atoms with Gasteiger partial charge in [-0.05, 0) is 0 Å². The molecule has 2 rings (SSSR count). The molecule has 0 nitrogen and oxygen atoms in total. The summed E-state index contributed by atoms with van der Waals surface area (Å²) < 4.78 is 0. The molecule has 0 spiro atoms. The first-order chi connectivity index (χ1) is 7.41. The number of allylic oxidation sites excluding steroid dienone is 1. The van der Waals surface area contributed by atoms with Crippen molar-refractivity contribution in [3.63, 3.8) is 0 Å². The largest absolute Gasteiger partial charge is 3.00 e. The third kappa shape index (κ3) is 21.0. The van der Waals surface area contributed by atoms with Gasteiger partial charge in [-0.1, -0.05) is 0 Å². The molecular formula is C15H18PRh.